The van der Waals surface area contributed by atoms with Gasteiger partial charge in [-0.15, -0.1) is 0 Å². The van der Waals surface area contributed by atoms with Crippen LogP contribution in [0.25, 0.3) is 10.9 Å². The Morgan fingerprint density at radius 1 is 1.19 bits per heavy atom. The minimum absolute atomic E-state index is 0.0386. The lowest BCUT2D eigenvalue weighted by molar-refractivity contribution is -0.153. The Hall–Kier alpha value is -3.20. The number of benzene rings is 2. The van der Waals surface area contributed by atoms with E-state index in [1.165, 1.54) is 18.3 Å². The number of hydrogen-bond donors (Lipinski definition) is 1. The maximum atomic E-state index is 14.6. The van der Waals surface area contributed by atoms with Crippen molar-refractivity contribution in [2.24, 2.45) is 10.7 Å². The highest BCUT2D eigenvalue weighted by atomic mass is 19.4. The van der Waals surface area contributed by atoms with Crippen molar-refractivity contribution in [2.75, 3.05) is 19.8 Å². The topological polar surface area (TPSA) is 69.7 Å². The average molecular weight is 447 g/mol. The summed E-state index contributed by atoms with van der Waals surface area (Å²) >= 11 is 0. The Bertz CT molecular complexity index is 1180. The summed E-state index contributed by atoms with van der Waals surface area (Å²) in [5.74, 6) is -0.0529. The predicted molar refractivity (Wildman–Crippen MR) is 112 cm³/mol. The number of ether oxygens (including phenoxy) is 2. The third-order valence-electron chi connectivity index (χ3n) is 5.20. The van der Waals surface area contributed by atoms with E-state index in [2.05, 4.69) is 9.98 Å². The molecule has 2 aromatic carbocycles. The number of rotatable bonds is 5. The molecule has 1 aliphatic rings. The molecule has 1 aromatic heterocycles. The molecule has 0 saturated heterocycles. The van der Waals surface area contributed by atoms with Crippen LogP contribution in [0.15, 0.2) is 53.7 Å². The fourth-order valence-electron chi connectivity index (χ4n) is 3.78. The molecule has 0 aliphatic carbocycles. The molecular weight excluding hydrogens is 426 g/mol. The molecule has 2 N–H and O–H groups in total. The summed E-state index contributed by atoms with van der Waals surface area (Å²) in [6.07, 6.45) is -2.71. The molecule has 9 heteroatoms. The van der Waals surface area contributed by atoms with Crippen molar-refractivity contribution >= 4 is 16.7 Å². The Balaban J connectivity index is 1.63. The molecule has 0 amide bonds. The molecule has 2 heterocycles. The third-order valence-corrected chi connectivity index (χ3v) is 5.20. The van der Waals surface area contributed by atoms with Gasteiger partial charge in [0, 0.05) is 10.9 Å². The molecule has 168 valence electrons. The van der Waals surface area contributed by atoms with Gasteiger partial charge < -0.3 is 15.2 Å². The molecule has 5 nitrogen and oxygen atoms in total. The van der Waals surface area contributed by atoms with Crippen LogP contribution >= 0.6 is 0 Å². The highest BCUT2D eigenvalue weighted by Gasteiger charge is 2.33. The van der Waals surface area contributed by atoms with Gasteiger partial charge in [0.2, 0.25) is 0 Å². The number of alkyl halides is 3. The van der Waals surface area contributed by atoms with E-state index in [1.807, 2.05) is 6.07 Å². The van der Waals surface area contributed by atoms with Gasteiger partial charge in [0.25, 0.3) is 0 Å². The van der Waals surface area contributed by atoms with Crippen molar-refractivity contribution < 1.29 is 27.0 Å². The Morgan fingerprint density at radius 2 is 2.00 bits per heavy atom. The van der Waals surface area contributed by atoms with Crippen LogP contribution in [0.3, 0.4) is 0 Å². The van der Waals surface area contributed by atoms with Crippen molar-refractivity contribution in [3.63, 3.8) is 0 Å². The first-order valence-electron chi connectivity index (χ1n) is 9.91. The summed E-state index contributed by atoms with van der Waals surface area (Å²) < 4.78 is 62.1. The second-order valence-electron chi connectivity index (χ2n) is 7.92. The van der Waals surface area contributed by atoms with E-state index in [4.69, 9.17) is 15.2 Å². The second-order valence-corrected chi connectivity index (χ2v) is 7.92. The minimum Gasteiger partial charge on any atom is -0.482 e. The first-order valence-corrected chi connectivity index (χ1v) is 9.91. The molecule has 3 aromatic rings. The van der Waals surface area contributed by atoms with Gasteiger partial charge in [0.15, 0.2) is 6.61 Å². The van der Waals surface area contributed by atoms with Crippen molar-refractivity contribution in [1.82, 2.24) is 4.98 Å². The molecule has 1 atom stereocenters. The van der Waals surface area contributed by atoms with Gasteiger partial charge in [0.05, 0.1) is 18.3 Å². The first kappa shape index (κ1) is 22.0. The number of nitrogens with two attached hydrogens (primary N) is 1. The maximum absolute atomic E-state index is 14.6. The van der Waals surface area contributed by atoms with Crippen LogP contribution in [0.5, 0.6) is 5.75 Å². The summed E-state index contributed by atoms with van der Waals surface area (Å²) in [5, 5.41) is 0.648. The molecule has 0 radical (unpaired) electrons. The van der Waals surface area contributed by atoms with E-state index in [9.17, 15) is 17.6 Å². The largest absolute Gasteiger partial charge is 0.482 e. The monoisotopic (exact) mass is 447 g/mol. The third kappa shape index (κ3) is 4.83. The van der Waals surface area contributed by atoms with Crippen LogP contribution in [0.1, 0.15) is 23.6 Å². The molecular formula is C23H21F4N3O2. The van der Waals surface area contributed by atoms with Crippen LogP contribution in [-0.2, 0) is 16.7 Å². The highest BCUT2D eigenvalue weighted by Crippen LogP contribution is 2.32. The summed E-state index contributed by atoms with van der Waals surface area (Å²) in [7, 11) is 0. The normalized spacial score (nSPS) is 19.1. The molecule has 0 unspecified atom stereocenters. The van der Waals surface area contributed by atoms with Crippen molar-refractivity contribution in [2.45, 2.75) is 25.1 Å². The molecule has 0 bridgehead atoms. The highest BCUT2D eigenvalue weighted by molar-refractivity contribution is 5.83. The summed E-state index contributed by atoms with van der Waals surface area (Å²) in [5.41, 5.74) is 7.56. The van der Waals surface area contributed by atoms with Crippen LogP contribution in [-0.4, -0.2) is 36.8 Å². The van der Waals surface area contributed by atoms with E-state index >= 15 is 0 Å². The Kier molecular flexibility index (Phi) is 5.77. The number of aliphatic imine (C=N–C) groups is 1. The molecule has 0 spiro atoms. The number of para-hydroxylation sites is 1. The molecule has 4 rings (SSSR count). The Labute approximate surface area is 181 Å². The lowest BCUT2D eigenvalue weighted by Gasteiger charge is -2.30. The smallest absolute Gasteiger partial charge is 0.422 e. The number of pyridine rings is 1. The van der Waals surface area contributed by atoms with Gasteiger partial charge in [-0.05, 0) is 36.6 Å². The number of amidine groups is 1. The summed E-state index contributed by atoms with van der Waals surface area (Å²) in [6, 6.07) is 11.7. The fraction of sp³-hybridized carbons (Fsp3) is 0.304. The zero-order valence-electron chi connectivity index (χ0n) is 17.2. The van der Waals surface area contributed by atoms with E-state index < -0.39 is 24.1 Å². The molecule has 0 saturated carbocycles. The lowest BCUT2D eigenvalue weighted by Crippen LogP contribution is -2.38. The van der Waals surface area contributed by atoms with Gasteiger partial charge in [-0.25, -0.2) is 4.39 Å². The van der Waals surface area contributed by atoms with Crippen LogP contribution in [0.2, 0.25) is 0 Å². The van der Waals surface area contributed by atoms with Crippen molar-refractivity contribution in [3.8, 4) is 5.75 Å². The number of halogens is 4. The van der Waals surface area contributed by atoms with Crippen molar-refractivity contribution in [3.05, 3.63) is 71.2 Å². The SMILES string of the molecule is C[C@@]1(c2cc(Cc3cccc4cc(OCC(F)(F)F)cnc34)ccc2F)COCC(N)=N1. The standard InChI is InChI=1S/C23H21F4N3O2/c1-22(12-31-11-20(28)30-22)18-8-14(5-6-19(18)24)7-15-3-2-4-16-9-17(10-29-21(15)16)32-13-23(25,26)27/h2-6,8-10H,7,11-13H2,1H3,(H2,28,30)/t22-/m0/s1. The molecule has 32 heavy (non-hydrogen) atoms. The van der Waals surface area contributed by atoms with Gasteiger partial charge in [-0.3, -0.25) is 9.98 Å². The first-order chi connectivity index (χ1) is 15.1. The lowest BCUT2D eigenvalue weighted by atomic mass is 9.89. The number of fused-ring (bicyclic) bond motifs is 1. The average Bonchev–Trinajstić information content (AvgIpc) is 2.73. The number of nitrogens with zero attached hydrogens (tertiary/aromatic N) is 2. The number of hydrogen-bond acceptors (Lipinski definition) is 5. The van der Waals surface area contributed by atoms with Crippen LogP contribution in [0.4, 0.5) is 17.6 Å². The van der Waals surface area contributed by atoms with Gasteiger partial charge in [-0.2, -0.15) is 13.2 Å². The maximum Gasteiger partial charge on any atom is 0.422 e. The van der Waals surface area contributed by atoms with E-state index in [0.29, 0.717) is 28.7 Å². The predicted octanol–water partition coefficient (Wildman–Crippen LogP) is 4.51. The quantitative estimate of drug-likeness (QED) is 0.585. The zero-order valence-corrected chi connectivity index (χ0v) is 17.2. The van der Waals surface area contributed by atoms with E-state index in [-0.39, 0.29) is 19.0 Å². The second kappa shape index (κ2) is 8.38. The van der Waals surface area contributed by atoms with Crippen LogP contribution in [0, 0.1) is 5.82 Å². The van der Waals surface area contributed by atoms with Crippen molar-refractivity contribution in [1.29, 1.82) is 0 Å². The summed E-state index contributed by atoms with van der Waals surface area (Å²) in [6.45, 7) is 0.814. The zero-order chi connectivity index (χ0) is 22.9. The fourth-order valence-corrected chi connectivity index (χ4v) is 3.78. The Morgan fingerprint density at radius 3 is 2.75 bits per heavy atom. The minimum atomic E-state index is -4.42. The molecule has 1 aliphatic heterocycles. The van der Waals surface area contributed by atoms with Gasteiger partial charge in [0.1, 0.15) is 29.5 Å². The van der Waals surface area contributed by atoms with Crippen LogP contribution < -0.4 is 10.5 Å². The van der Waals surface area contributed by atoms with Gasteiger partial charge in [-0.1, -0.05) is 30.3 Å². The van der Waals surface area contributed by atoms with Gasteiger partial charge >= 0.3 is 6.18 Å². The van der Waals surface area contributed by atoms with E-state index in [0.717, 1.165) is 11.1 Å². The van der Waals surface area contributed by atoms with E-state index in [1.54, 1.807) is 31.2 Å². The molecule has 0 fully saturated rings. The summed E-state index contributed by atoms with van der Waals surface area (Å²) in [4.78, 5) is 8.72. The number of aromatic nitrogens is 1.